The number of anilines is 1. The second kappa shape index (κ2) is 6.81. The van der Waals surface area contributed by atoms with Crippen molar-refractivity contribution in [2.45, 2.75) is 0 Å². The van der Waals surface area contributed by atoms with Crippen LogP contribution in [0, 0.1) is 11.3 Å². The summed E-state index contributed by atoms with van der Waals surface area (Å²) in [7, 11) is 1.32. The molecule has 0 aliphatic heterocycles. The highest BCUT2D eigenvalue weighted by Gasteiger charge is 2.10. The van der Waals surface area contributed by atoms with Gasteiger partial charge in [0.2, 0.25) is 0 Å². The van der Waals surface area contributed by atoms with Crippen LogP contribution in [-0.4, -0.2) is 23.0 Å². The van der Waals surface area contributed by atoms with Crippen LogP contribution < -0.4 is 5.73 Å². The van der Waals surface area contributed by atoms with Crippen LogP contribution in [0.3, 0.4) is 0 Å². The van der Waals surface area contributed by atoms with Crippen molar-refractivity contribution in [3.05, 3.63) is 65.5 Å². The van der Waals surface area contributed by atoms with E-state index in [2.05, 4.69) is 20.8 Å². The summed E-state index contributed by atoms with van der Waals surface area (Å²) in [5, 5.41) is 10.2. The van der Waals surface area contributed by atoms with Crippen LogP contribution in [0.15, 0.2) is 48.5 Å². The summed E-state index contributed by atoms with van der Waals surface area (Å²) in [5.74, 6) is 0.167. The molecular weight excluding hydrogens is 316 g/mol. The molecule has 1 aromatic heterocycles. The number of benzene rings is 2. The third-order valence-corrected chi connectivity index (χ3v) is 3.64. The molecule has 0 aliphatic rings. The van der Waals surface area contributed by atoms with E-state index in [0.29, 0.717) is 16.9 Å². The van der Waals surface area contributed by atoms with Gasteiger partial charge in [0.25, 0.3) is 0 Å². The molecule has 2 N–H and O–H groups in total. The van der Waals surface area contributed by atoms with Gasteiger partial charge >= 0.3 is 5.97 Å². The number of rotatable bonds is 3. The molecule has 6 heteroatoms. The number of ether oxygens (including phenoxy) is 1. The van der Waals surface area contributed by atoms with E-state index in [1.54, 1.807) is 30.3 Å². The van der Waals surface area contributed by atoms with Gasteiger partial charge in [-0.1, -0.05) is 24.3 Å². The number of carbonyl (C=O) groups is 1. The summed E-state index contributed by atoms with van der Waals surface area (Å²) in [6.07, 6.45) is 1.64. The topological polar surface area (TPSA) is 102 Å². The van der Waals surface area contributed by atoms with E-state index in [1.807, 2.05) is 24.3 Å². The Morgan fingerprint density at radius 3 is 2.56 bits per heavy atom. The van der Waals surface area contributed by atoms with Crippen molar-refractivity contribution in [3.63, 3.8) is 0 Å². The molecule has 1 heterocycles. The van der Waals surface area contributed by atoms with Crippen LogP contribution in [0.25, 0.3) is 22.6 Å². The first-order valence-electron chi connectivity index (χ1n) is 7.45. The summed E-state index contributed by atoms with van der Waals surface area (Å²) in [6.45, 7) is 0. The molecule has 6 nitrogen and oxygen atoms in total. The fourth-order valence-corrected chi connectivity index (χ4v) is 2.37. The predicted octanol–water partition coefficient (Wildman–Crippen LogP) is 3.06. The van der Waals surface area contributed by atoms with Crippen molar-refractivity contribution in [1.82, 2.24) is 9.97 Å². The second-order valence-electron chi connectivity index (χ2n) is 5.23. The summed E-state index contributed by atoms with van der Waals surface area (Å²) < 4.78 is 4.66. The number of nitrogens with zero attached hydrogens (tertiary/aromatic N) is 3. The molecule has 0 fully saturated rings. The minimum absolute atomic E-state index is 0.260. The van der Waals surface area contributed by atoms with Crippen molar-refractivity contribution < 1.29 is 9.53 Å². The SMILES string of the molecule is COC(=O)c1ccc(/C=C(\C#N)c2nc(N)c3ccccc3n2)cc1. The Morgan fingerprint density at radius 1 is 1.16 bits per heavy atom. The van der Waals surface area contributed by atoms with Gasteiger partial charge in [-0.3, -0.25) is 0 Å². The molecular formula is C19H14N4O2. The number of fused-ring (bicyclic) bond motifs is 1. The lowest BCUT2D eigenvalue weighted by molar-refractivity contribution is 0.0600. The predicted molar refractivity (Wildman–Crippen MR) is 95.2 cm³/mol. The third-order valence-electron chi connectivity index (χ3n) is 3.64. The van der Waals surface area contributed by atoms with E-state index in [9.17, 15) is 10.1 Å². The quantitative estimate of drug-likeness (QED) is 0.585. The van der Waals surface area contributed by atoms with Gasteiger partial charge in [0.1, 0.15) is 11.9 Å². The fourth-order valence-electron chi connectivity index (χ4n) is 2.37. The number of allylic oxidation sites excluding steroid dienone is 1. The van der Waals surface area contributed by atoms with Gasteiger partial charge in [0, 0.05) is 5.39 Å². The number of nitrogens with two attached hydrogens (primary N) is 1. The molecule has 0 amide bonds. The van der Waals surface area contributed by atoms with Crippen molar-refractivity contribution in [2.24, 2.45) is 0 Å². The van der Waals surface area contributed by atoms with Crippen LogP contribution in [0.2, 0.25) is 0 Å². The second-order valence-corrected chi connectivity index (χ2v) is 5.23. The zero-order valence-corrected chi connectivity index (χ0v) is 13.4. The average Bonchev–Trinajstić information content (AvgIpc) is 2.66. The number of hydrogen-bond acceptors (Lipinski definition) is 6. The molecule has 0 saturated carbocycles. The van der Waals surface area contributed by atoms with Gasteiger partial charge in [-0.15, -0.1) is 0 Å². The van der Waals surface area contributed by atoms with Crippen LogP contribution in [-0.2, 0) is 4.74 Å². The Hall–Kier alpha value is -3.72. The zero-order valence-electron chi connectivity index (χ0n) is 13.4. The maximum atomic E-state index is 11.5. The first kappa shape index (κ1) is 16.1. The van der Waals surface area contributed by atoms with E-state index in [1.165, 1.54) is 7.11 Å². The van der Waals surface area contributed by atoms with Gasteiger partial charge < -0.3 is 10.5 Å². The molecule has 2 aromatic carbocycles. The molecule has 0 saturated heterocycles. The molecule has 0 atom stereocenters. The first-order valence-corrected chi connectivity index (χ1v) is 7.45. The van der Waals surface area contributed by atoms with Crippen molar-refractivity contribution in [1.29, 1.82) is 5.26 Å². The van der Waals surface area contributed by atoms with Gasteiger partial charge in [-0.2, -0.15) is 5.26 Å². The summed E-state index contributed by atoms with van der Waals surface area (Å²) in [6, 6.07) is 16.1. The molecule has 0 radical (unpaired) electrons. The Morgan fingerprint density at radius 2 is 1.88 bits per heavy atom. The lowest BCUT2D eigenvalue weighted by atomic mass is 10.1. The minimum Gasteiger partial charge on any atom is -0.465 e. The highest BCUT2D eigenvalue weighted by molar-refractivity contribution is 5.93. The van der Waals surface area contributed by atoms with Crippen LogP contribution in [0.1, 0.15) is 21.7 Å². The van der Waals surface area contributed by atoms with Gasteiger partial charge in [-0.05, 0) is 35.9 Å². The Kier molecular flexibility index (Phi) is 4.40. The number of esters is 1. The highest BCUT2D eigenvalue weighted by Crippen LogP contribution is 2.22. The summed E-state index contributed by atoms with van der Waals surface area (Å²) >= 11 is 0. The largest absolute Gasteiger partial charge is 0.465 e. The number of methoxy groups -OCH3 is 1. The standard InChI is InChI=1S/C19H14N4O2/c1-25-19(24)13-8-6-12(7-9-13)10-14(11-20)18-22-16-5-3-2-4-15(16)17(21)23-18/h2-10H,1H3,(H2,21,22,23)/b14-10+. The van der Waals surface area contributed by atoms with E-state index in [0.717, 1.165) is 10.9 Å². The minimum atomic E-state index is -0.415. The Labute approximate surface area is 144 Å². The number of aromatic nitrogens is 2. The van der Waals surface area contributed by atoms with E-state index < -0.39 is 5.97 Å². The number of nitriles is 1. The fraction of sp³-hybridized carbons (Fsp3) is 0.0526. The molecule has 0 aliphatic carbocycles. The van der Waals surface area contributed by atoms with Crippen LogP contribution in [0.5, 0.6) is 0 Å². The van der Waals surface area contributed by atoms with E-state index in [-0.39, 0.29) is 11.4 Å². The summed E-state index contributed by atoms with van der Waals surface area (Å²) in [5.41, 5.74) is 8.10. The molecule has 0 unspecified atom stereocenters. The number of hydrogen-bond donors (Lipinski definition) is 1. The van der Waals surface area contributed by atoms with Crippen molar-refractivity contribution >= 4 is 34.3 Å². The number of carbonyl (C=O) groups excluding carboxylic acids is 1. The van der Waals surface area contributed by atoms with Crippen LogP contribution in [0.4, 0.5) is 5.82 Å². The van der Waals surface area contributed by atoms with Gasteiger partial charge in [0.15, 0.2) is 5.82 Å². The maximum Gasteiger partial charge on any atom is 0.337 e. The van der Waals surface area contributed by atoms with E-state index >= 15 is 0 Å². The lowest BCUT2D eigenvalue weighted by Crippen LogP contribution is -2.01. The molecule has 0 bridgehead atoms. The molecule has 25 heavy (non-hydrogen) atoms. The Balaban J connectivity index is 2.01. The van der Waals surface area contributed by atoms with E-state index in [4.69, 9.17) is 5.73 Å². The van der Waals surface area contributed by atoms with Gasteiger partial charge in [0.05, 0.1) is 23.8 Å². The molecule has 3 rings (SSSR count). The number of para-hydroxylation sites is 1. The van der Waals surface area contributed by atoms with Crippen molar-refractivity contribution in [2.75, 3.05) is 12.8 Å². The first-order chi connectivity index (χ1) is 12.1. The summed E-state index contributed by atoms with van der Waals surface area (Å²) in [4.78, 5) is 20.1. The lowest BCUT2D eigenvalue weighted by Gasteiger charge is -2.05. The Bertz CT molecular complexity index is 1020. The smallest absolute Gasteiger partial charge is 0.337 e. The molecule has 122 valence electrons. The normalized spacial score (nSPS) is 11.1. The highest BCUT2D eigenvalue weighted by atomic mass is 16.5. The average molecular weight is 330 g/mol. The monoisotopic (exact) mass is 330 g/mol. The van der Waals surface area contributed by atoms with Crippen molar-refractivity contribution in [3.8, 4) is 6.07 Å². The maximum absolute atomic E-state index is 11.5. The molecule has 0 spiro atoms. The zero-order chi connectivity index (χ0) is 17.8. The number of nitrogen functional groups attached to an aromatic ring is 1. The van der Waals surface area contributed by atoms with Crippen LogP contribution >= 0.6 is 0 Å². The third kappa shape index (κ3) is 3.31. The molecule has 3 aromatic rings. The van der Waals surface area contributed by atoms with Gasteiger partial charge in [-0.25, -0.2) is 14.8 Å².